The third-order valence-electron chi connectivity index (χ3n) is 5.70. The number of aliphatic hydroxyl groups excluding tert-OH is 3. The van der Waals surface area contributed by atoms with Crippen molar-refractivity contribution in [3.63, 3.8) is 0 Å². The van der Waals surface area contributed by atoms with Gasteiger partial charge in [-0.25, -0.2) is 15.0 Å². The van der Waals surface area contributed by atoms with Crippen LogP contribution in [0, 0.1) is 0 Å². The lowest BCUT2D eigenvalue weighted by Gasteiger charge is -2.21. The normalized spacial score (nSPS) is 23.1. The fourth-order valence-corrected chi connectivity index (χ4v) is 4.04. The molecule has 1 aliphatic heterocycles. The minimum atomic E-state index is -1.22. The highest BCUT2D eigenvalue weighted by atomic mass is 16.6. The number of rotatable bonds is 6. The smallest absolute Gasteiger partial charge is 0.167 e. The molecule has 9 nitrogen and oxygen atoms in total. The number of imidazole rings is 1. The number of hydrogen-bond acceptors (Lipinski definition) is 8. The lowest BCUT2D eigenvalue weighted by atomic mass is 9.99. The van der Waals surface area contributed by atoms with Gasteiger partial charge in [0.05, 0.1) is 19.0 Å². The molecule has 1 aliphatic rings. The first-order valence-electron chi connectivity index (χ1n) is 10.3. The first-order chi connectivity index (χ1) is 15.7. The van der Waals surface area contributed by atoms with Crippen LogP contribution in [-0.2, 0) is 4.74 Å². The number of aliphatic hydroxyl groups is 3. The van der Waals surface area contributed by atoms with Crippen LogP contribution in [-0.4, -0.2) is 59.8 Å². The van der Waals surface area contributed by atoms with Crippen LogP contribution in [0.3, 0.4) is 0 Å². The van der Waals surface area contributed by atoms with Crippen LogP contribution >= 0.6 is 0 Å². The van der Waals surface area contributed by atoms with Gasteiger partial charge in [0.15, 0.2) is 23.2 Å². The average molecular weight is 433 g/mol. The second-order valence-electron chi connectivity index (χ2n) is 7.67. The van der Waals surface area contributed by atoms with Crippen molar-refractivity contribution >= 4 is 17.0 Å². The van der Waals surface area contributed by atoms with Crippen molar-refractivity contribution in [1.29, 1.82) is 0 Å². The summed E-state index contributed by atoms with van der Waals surface area (Å²) in [4.78, 5) is 13.2. The van der Waals surface area contributed by atoms with Crippen molar-refractivity contribution in [3.8, 4) is 0 Å². The number of hydrogen-bond donors (Lipinski definition) is 4. The lowest BCUT2D eigenvalue weighted by Crippen LogP contribution is -2.33. The second-order valence-corrected chi connectivity index (χ2v) is 7.67. The number of benzene rings is 2. The predicted molar refractivity (Wildman–Crippen MR) is 117 cm³/mol. The number of nitrogens with zero attached hydrogens (tertiary/aromatic N) is 4. The minimum absolute atomic E-state index is 0.172. The molecule has 4 atom stereocenters. The number of nitrogens with one attached hydrogen (secondary N) is 1. The van der Waals surface area contributed by atoms with Crippen molar-refractivity contribution in [3.05, 3.63) is 84.4 Å². The van der Waals surface area contributed by atoms with E-state index in [9.17, 15) is 15.3 Å². The molecule has 0 amide bonds. The zero-order valence-corrected chi connectivity index (χ0v) is 17.1. The Balaban J connectivity index is 1.52. The molecule has 4 N–H and O–H groups in total. The molecule has 9 heteroatoms. The molecule has 1 saturated heterocycles. The van der Waals surface area contributed by atoms with Crippen LogP contribution in [0.15, 0.2) is 73.3 Å². The van der Waals surface area contributed by atoms with Gasteiger partial charge in [0.25, 0.3) is 0 Å². The standard InChI is InChI=1S/C23H23N5O4/c29-11-16-19(30)20(31)23(32-16)28-13-26-18-21(24-12-25-22(18)28)27-17(14-7-3-1-4-8-14)15-9-5-2-6-10-15/h1-10,12-13,16-17,19-20,23,29-31H,11H2,(H,24,25,27)/t16-,19+,20?,23-/m1/s1. The number of anilines is 1. The lowest BCUT2D eigenvalue weighted by molar-refractivity contribution is -0.0511. The predicted octanol–water partition coefficient (Wildman–Crippen LogP) is 1.64. The number of fused-ring (bicyclic) bond motifs is 1. The fourth-order valence-electron chi connectivity index (χ4n) is 4.04. The summed E-state index contributed by atoms with van der Waals surface area (Å²) in [5.41, 5.74) is 3.07. The van der Waals surface area contributed by atoms with Gasteiger partial charge in [0.2, 0.25) is 0 Å². The van der Waals surface area contributed by atoms with E-state index in [4.69, 9.17) is 4.74 Å². The minimum Gasteiger partial charge on any atom is -0.394 e. The maximum atomic E-state index is 10.4. The maximum Gasteiger partial charge on any atom is 0.167 e. The monoisotopic (exact) mass is 433 g/mol. The summed E-state index contributed by atoms with van der Waals surface area (Å²) in [5.74, 6) is 0.526. The average Bonchev–Trinajstić information content (AvgIpc) is 3.40. The molecule has 0 radical (unpaired) electrons. The van der Waals surface area contributed by atoms with Crippen molar-refractivity contribution in [1.82, 2.24) is 19.5 Å². The van der Waals surface area contributed by atoms with E-state index in [1.165, 1.54) is 12.7 Å². The Hall–Kier alpha value is -3.37. The van der Waals surface area contributed by atoms with Crippen LogP contribution in [0.2, 0.25) is 0 Å². The van der Waals surface area contributed by atoms with Gasteiger partial charge in [0.1, 0.15) is 24.6 Å². The van der Waals surface area contributed by atoms with Crippen LogP contribution in [0.4, 0.5) is 5.82 Å². The zero-order chi connectivity index (χ0) is 22.1. The van der Waals surface area contributed by atoms with E-state index in [2.05, 4.69) is 20.3 Å². The Bertz CT molecular complexity index is 1150. The van der Waals surface area contributed by atoms with Crippen LogP contribution in [0.1, 0.15) is 23.4 Å². The summed E-state index contributed by atoms with van der Waals surface area (Å²) in [5, 5.41) is 33.4. The Morgan fingerprint density at radius 3 is 2.16 bits per heavy atom. The molecule has 2 aromatic carbocycles. The van der Waals surface area contributed by atoms with Gasteiger partial charge in [-0.05, 0) is 11.1 Å². The summed E-state index contributed by atoms with van der Waals surface area (Å²) >= 11 is 0. The molecule has 32 heavy (non-hydrogen) atoms. The molecule has 164 valence electrons. The Labute approximate surface area is 184 Å². The molecular weight excluding hydrogens is 410 g/mol. The van der Waals surface area contributed by atoms with Crippen molar-refractivity contribution in [2.75, 3.05) is 11.9 Å². The Morgan fingerprint density at radius 2 is 1.56 bits per heavy atom. The van der Waals surface area contributed by atoms with Gasteiger partial charge in [-0.3, -0.25) is 4.57 Å². The molecule has 4 aromatic rings. The van der Waals surface area contributed by atoms with E-state index in [0.717, 1.165) is 11.1 Å². The molecule has 3 heterocycles. The van der Waals surface area contributed by atoms with E-state index in [1.54, 1.807) is 4.57 Å². The molecule has 0 spiro atoms. The maximum absolute atomic E-state index is 10.4. The van der Waals surface area contributed by atoms with Crippen molar-refractivity contribution in [2.45, 2.75) is 30.6 Å². The fraction of sp³-hybridized carbons (Fsp3) is 0.261. The molecule has 2 aromatic heterocycles. The molecule has 0 bridgehead atoms. The quantitative estimate of drug-likeness (QED) is 0.362. The SMILES string of the molecule is OC[C@H]1O[C@@H](n2cnc3c(NC(c4ccccc4)c4ccccc4)ncnc32)C(O)[C@H]1O. The van der Waals surface area contributed by atoms with Gasteiger partial charge in [-0.2, -0.15) is 0 Å². The highest BCUT2D eigenvalue weighted by molar-refractivity contribution is 5.83. The van der Waals surface area contributed by atoms with E-state index < -0.39 is 31.1 Å². The van der Waals surface area contributed by atoms with Crippen molar-refractivity contribution in [2.24, 2.45) is 0 Å². The summed E-state index contributed by atoms with van der Waals surface area (Å²) in [6.45, 7) is -0.404. The molecule has 0 aliphatic carbocycles. The molecule has 1 fully saturated rings. The first kappa shape index (κ1) is 20.5. The third-order valence-corrected chi connectivity index (χ3v) is 5.70. The second kappa shape index (κ2) is 8.64. The van der Waals surface area contributed by atoms with Crippen LogP contribution in [0.25, 0.3) is 11.2 Å². The van der Waals surface area contributed by atoms with Crippen molar-refractivity contribution < 1.29 is 20.1 Å². The van der Waals surface area contributed by atoms with E-state index in [0.29, 0.717) is 17.0 Å². The van der Waals surface area contributed by atoms with Gasteiger partial charge in [-0.15, -0.1) is 0 Å². The highest BCUT2D eigenvalue weighted by Gasteiger charge is 2.44. The topological polar surface area (TPSA) is 126 Å². The molecule has 0 saturated carbocycles. The van der Waals surface area contributed by atoms with Gasteiger partial charge in [0, 0.05) is 0 Å². The summed E-state index contributed by atoms with van der Waals surface area (Å²) < 4.78 is 7.19. The summed E-state index contributed by atoms with van der Waals surface area (Å²) in [6.07, 6.45) is -1.33. The Morgan fingerprint density at radius 1 is 0.906 bits per heavy atom. The highest BCUT2D eigenvalue weighted by Crippen LogP contribution is 2.33. The Kier molecular flexibility index (Phi) is 5.54. The molecule has 1 unspecified atom stereocenters. The number of ether oxygens (including phenoxy) is 1. The van der Waals surface area contributed by atoms with E-state index in [1.807, 2.05) is 60.7 Å². The third kappa shape index (κ3) is 3.61. The molecular formula is C23H23N5O4. The van der Waals surface area contributed by atoms with Gasteiger partial charge >= 0.3 is 0 Å². The van der Waals surface area contributed by atoms with Crippen LogP contribution < -0.4 is 5.32 Å². The van der Waals surface area contributed by atoms with E-state index >= 15 is 0 Å². The van der Waals surface area contributed by atoms with E-state index in [-0.39, 0.29) is 6.04 Å². The summed E-state index contributed by atoms with van der Waals surface area (Å²) in [6, 6.07) is 19.9. The zero-order valence-electron chi connectivity index (χ0n) is 17.1. The largest absolute Gasteiger partial charge is 0.394 e. The summed E-state index contributed by atoms with van der Waals surface area (Å²) in [7, 11) is 0. The molecule has 5 rings (SSSR count). The van der Waals surface area contributed by atoms with Crippen LogP contribution in [0.5, 0.6) is 0 Å². The number of aromatic nitrogens is 4. The van der Waals surface area contributed by atoms with Gasteiger partial charge in [-0.1, -0.05) is 60.7 Å². The first-order valence-corrected chi connectivity index (χ1v) is 10.3. The van der Waals surface area contributed by atoms with Gasteiger partial charge < -0.3 is 25.4 Å².